The first kappa shape index (κ1) is 26.5. The van der Waals surface area contributed by atoms with Crippen molar-refractivity contribution in [1.82, 2.24) is 20.2 Å². The van der Waals surface area contributed by atoms with Crippen LogP contribution in [0.3, 0.4) is 0 Å². The molecule has 1 atom stereocenters. The summed E-state index contributed by atoms with van der Waals surface area (Å²) in [5, 5.41) is 7.18. The molecule has 170 valence electrons. The van der Waals surface area contributed by atoms with Gasteiger partial charge in [-0.15, -0.1) is 24.8 Å². The second kappa shape index (κ2) is 13.0. The fourth-order valence-electron chi connectivity index (χ4n) is 3.84. The molecular formula is C20H33Cl2N5O3. The number of nitrogens with one attached hydrogen (secondary N) is 1. The summed E-state index contributed by atoms with van der Waals surface area (Å²) < 4.78 is 4.79. The molecule has 30 heavy (non-hydrogen) atoms. The number of benzene rings is 1. The Balaban J connectivity index is 0.00000225. The number of nitrogens with zero attached hydrogens (tertiary/aromatic N) is 4. The number of urea groups is 1. The van der Waals surface area contributed by atoms with Crippen molar-refractivity contribution in [3.8, 4) is 0 Å². The van der Waals surface area contributed by atoms with Crippen molar-refractivity contribution < 1.29 is 14.3 Å². The number of rotatable bonds is 7. The van der Waals surface area contributed by atoms with E-state index in [-0.39, 0.29) is 49.4 Å². The highest BCUT2D eigenvalue weighted by Gasteiger charge is 2.42. The lowest BCUT2D eigenvalue weighted by Crippen LogP contribution is -2.46. The van der Waals surface area contributed by atoms with Gasteiger partial charge in [0.05, 0.1) is 20.1 Å². The summed E-state index contributed by atoms with van der Waals surface area (Å²) in [6, 6.07) is 9.64. The molecule has 2 heterocycles. The molecule has 0 radical (unpaired) electrons. The van der Waals surface area contributed by atoms with E-state index in [4.69, 9.17) is 4.74 Å². The number of esters is 1. The maximum Gasteiger partial charge on any atom is 0.340 e. The molecule has 0 aromatic heterocycles. The molecule has 0 aliphatic carbocycles. The minimum Gasteiger partial charge on any atom is -0.469 e. The Morgan fingerprint density at radius 2 is 1.83 bits per heavy atom. The second-order valence-corrected chi connectivity index (χ2v) is 7.18. The molecule has 2 aliphatic rings. The number of amides is 2. The van der Waals surface area contributed by atoms with Crippen molar-refractivity contribution in [3.63, 3.8) is 0 Å². The smallest absolute Gasteiger partial charge is 0.340 e. The van der Waals surface area contributed by atoms with Crippen LogP contribution < -0.4 is 10.2 Å². The van der Waals surface area contributed by atoms with E-state index in [0.717, 1.165) is 44.8 Å². The summed E-state index contributed by atoms with van der Waals surface area (Å²) in [4.78, 5) is 29.1. The minimum absolute atomic E-state index is 0. The van der Waals surface area contributed by atoms with Gasteiger partial charge in [0.1, 0.15) is 6.17 Å². The van der Waals surface area contributed by atoms with Crippen LogP contribution in [0.2, 0.25) is 0 Å². The van der Waals surface area contributed by atoms with Gasteiger partial charge in [-0.25, -0.2) is 4.79 Å². The monoisotopic (exact) mass is 461 g/mol. The number of hydrogen-bond acceptors (Lipinski definition) is 6. The van der Waals surface area contributed by atoms with E-state index in [2.05, 4.69) is 10.2 Å². The molecule has 2 amide bonds. The summed E-state index contributed by atoms with van der Waals surface area (Å²) in [6.07, 6.45) is 1.21. The van der Waals surface area contributed by atoms with E-state index in [1.807, 2.05) is 42.3 Å². The zero-order valence-corrected chi connectivity index (χ0v) is 19.3. The number of hydrazine groups is 1. The molecule has 10 heteroatoms. The summed E-state index contributed by atoms with van der Waals surface area (Å²) >= 11 is 0. The lowest BCUT2D eigenvalue weighted by molar-refractivity contribution is -0.141. The van der Waals surface area contributed by atoms with E-state index >= 15 is 0 Å². The average Bonchev–Trinajstić information content (AvgIpc) is 2.89. The number of anilines is 1. The Morgan fingerprint density at radius 3 is 2.53 bits per heavy atom. The van der Waals surface area contributed by atoms with Gasteiger partial charge in [-0.1, -0.05) is 18.2 Å². The molecule has 3 rings (SSSR count). The standard InChI is InChI=1S/C20H31N5O3.2ClH/c1-17-23(13-9-19(26)28-2)24(16-15-22-12-6-10-21-11-14-22)20(27)25(17)18-7-4-3-5-8-18;;/h3-5,7-8,17,21H,6,9-16H2,1-2H3;2*1H. The van der Waals surface area contributed by atoms with Crippen LogP contribution in [0.4, 0.5) is 10.5 Å². The maximum absolute atomic E-state index is 13.2. The van der Waals surface area contributed by atoms with Crippen LogP contribution in [-0.4, -0.2) is 86.0 Å². The van der Waals surface area contributed by atoms with E-state index in [0.29, 0.717) is 13.1 Å². The van der Waals surface area contributed by atoms with Gasteiger partial charge in [0, 0.05) is 31.9 Å². The van der Waals surface area contributed by atoms with Crippen molar-refractivity contribution in [2.24, 2.45) is 0 Å². The zero-order chi connectivity index (χ0) is 19.9. The van der Waals surface area contributed by atoms with Crippen LogP contribution in [0, 0.1) is 0 Å². The van der Waals surface area contributed by atoms with Crippen LogP contribution in [0.15, 0.2) is 30.3 Å². The normalized spacial score (nSPS) is 20.3. The van der Waals surface area contributed by atoms with Crippen LogP contribution in [0.5, 0.6) is 0 Å². The molecule has 1 unspecified atom stereocenters. The number of methoxy groups -OCH3 is 1. The molecule has 0 spiro atoms. The van der Waals surface area contributed by atoms with Gasteiger partial charge in [0.25, 0.3) is 0 Å². The molecule has 8 nitrogen and oxygen atoms in total. The van der Waals surface area contributed by atoms with Crippen molar-refractivity contribution in [2.75, 3.05) is 57.8 Å². The first-order valence-corrected chi connectivity index (χ1v) is 10.0. The molecule has 1 aromatic rings. The highest BCUT2D eigenvalue weighted by Crippen LogP contribution is 2.28. The van der Waals surface area contributed by atoms with E-state index in [1.165, 1.54) is 7.11 Å². The zero-order valence-electron chi connectivity index (χ0n) is 17.7. The SMILES string of the molecule is COC(=O)CCN1C(C)N(c2ccccc2)C(=O)N1CCN1CCCNCC1.Cl.Cl. The van der Waals surface area contributed by atoms with Crippen molar-refractivity contribution in [3.05, 3.63) is 30.3 Å². The Labute approximate surface area is 191 Å². The summed E-state index contributed by atoms with van der Waals surface area (Å²) in [7, 11) is 1.39. The predicted octanol–water partition coefficient (Wildman–Crippen LogP) is 2.19. The van der Waals surface area contributed by atoms with E-state index in [9.17, 15) is 9.59 Å². The van der Waals surface area contributed by atoms with Gasteiger partial charge >= 0.3 is 12.0 Å². The summed E-state index contributed by atoms with van der Waals surface area (Å²) in [5.74, 6) is -0.267. The van der Waals surface area contributed by atoms with Gasteiger partial charge in [-0.3, -0.25) is 14.7 Å². The van der Waals surface area contributed by atoms with Gasteiger partial charge in [-0.05, 0) is 38.6 Å². The highest BCUT2D eigenvalue weighted by molar-refractivity contribution is 5.94. The van der Waals surface area contributed by atoms with Gasteiger partial charge in [0.2, 0.25) is 0 Å². The van der Waals surface area contributed by atoms with E-state index < -0.39 is 0 Å². The first-order chi connectivity index (χ1) is 13.6. The molecule has 0 saturated carbocycles. The quantitative estimate of drug-likeness (QED) is 0.627. The fourth-order valence-corrected chi connectivity index (χ4v) is 3.84. The Hall–Kier alpha value is -1.58. The molecule has 2 saturated heterocycles. The Bertz CT molecular complexity index is 659. The van der Waals surface area contributed by atoms with E-state index in [1.54, 1.807) is 9.91 Å². The van der Waals surface area contributed by atoms with Crippen molar-refractivity contribution >= 4 is 42.5 Å². The number of para-hydroxylation sites is 1. The molecule has 1 aromatic carbocycles. The Kier molecular flexibility index (Phi) is 11.4. The summed E-state index contributed by atoms with van der Waals surface area (Å²) in [6.45, 7) is 7.92. The predicted molar refractivity (Wildman–Crippen MR) is 122 cm³/mol. The third-order valence-electron chi connectivity index (χ3n) is 5.41. The molecule has 2 aliphatic heterocycles. The van der Waals surface area contributed by atoms with Gasteiger partial charge < -0.3 is 15.0 Å². The lowest BCUT2D eigenvalue weighted by atomic mass is 10.3. The number of hydrogen-bond donors (Lipinski definition) is 1. The number of carbonyl (C=O) groups excluding carboxylic acids is 2. The maximum atomic E-state index is 13.2. The average molecular weight is 462 g/mol. The van der Waals surface area contributed by atoms with Crippen LogP contribution in [0.25, 0.3) is 0 Å². The van der Waals surface area contributed by atoms with Gasteiger partial charge in [0.15, 0.2) is 0 Å². The first-order valence-electron chi connectivity index (χ1n) is 10.0. The van der Waals surface area contributed by atoms with Crippen LogP contribution >= 0.6 is 24.8 Å². The number of carbonyl (C=O) groups is 2. The molecule has 2 fully saturated rings. The number of ether oxygens (including phenoxy) is 1. The largest absolute Gasteiger partial charge is 0.469 e. The third kappa shape index (κ3) is 6.46. The highest BCUT2D eigenvalue weighted by atomic mass is 35.5. The topological polar surface area (TPSA) is 68.4 Å². The third-order valence-corrected chi connectivity index (χ3v) is 5.41. The van der Waals surface area contributed by atoms with Gasteiger partial charge in [-0.2, -0.15) is 5.01 Å². The lowest BCUT2D eigenvalue weighted by Gasteiger charge is -2.30. The molecule has 1 N–H and O–H groups in total. The van der Waals surface area contributed by atoms with Crippen LogP contribution in [-0.2, 0) is 9.53 Å². The van der Waals surface area contributed by atoms with Crippen LogP contribution in [0.1, 0.15) is 19.8 Å². The summed E-state index contributed by atoms with van der Waals surface area (Å²) in [5.41, 5.74) is 0.865. The van der Waals surface area contributed by atoms with Crippen molar-refractivity contribution in [1.29, 1.82) is 0 Å². The Morgan fingerprint density at radius 1 is 1.10 bits per heavy atom. The fraction of sp³-hybridized carbons (Fsp3) is 0.600. The number of halogens is 2. The molecule has 0 bridgehead atoms. The minimum atomic E-state index is -0.267. The molecular weight excluding hydrogens is 429 g/mol. The second-order valence-electron chi connectivity index (χ2n) is 7.18. The van der Waals surface area contributed by atoms with Crippen molar-refractivity contribution in [2.45, 2.75) is 25.9 Å².